The molecule has 0 atom stereocenters. The Hall–Kier alpha value is -1.12. The number of aryl methyl sites for hydroxylation is 1. The molecule has 0 saturated carbocycles. The van der Waals surface area contributed by atoms with Crippen LogP contribution in [-0.4, -0.2) is 16.6 Å². The van der Waals surface area contributed by atoms with Crippen molar-refractivity contribution in [3.05, 3.63) is 23.6 Å². The van der Waals surface area contributed by atoms with Crippen molar-refractivity contribution in [1.29, 1.82) is 0 Å². The van der Waals surface area contributed by atoms with Crippen molar-refractivity contribution in [2.75, 3.05) is 7.05 Å². The third-order valence-electron chi connectivity index (χ3n) is 1.53. The first kappa shape index (κ1) is 6.99. The molecule has 0 N–H and O–H groups in total. The van der Waals surface area contributed by atoms with Crippen LogP contribution in [0.1, 0.15) is 5.69 Å². The van der Waals surface area contributed by atoms with Gasteiger partial charge in [0.05, 0.1) is 0 Å². The lowest BCUT2D eigenvalue weighted by Gasteiger charge is -2.00. The summed E-state index contributed by atoms with van der Waals surface area (Å²) in [5, 5.41) is 0. The van der Waals surface area contributed by atoms with Gasteiger partial charge in [-0.05, 0) is 13.0 Å². The summed E-state index contributed by atoms with van der Waals surface area (Å²) in [6.07, 6.45) is 1.76. The van der Waals surface area contributed by atoms with E-state index >= 15 is 0 Å². The minimum absolute atomic E-state index is 0.764. The number of rotatable bonds is 0. The lowest BCUT2D eigenvalue weighted by molar-refractivity contribution is 0.744. The Labute approximate surface area is 60.1 Å². The molecule has 0 saturated heterocycles. The average Bonchev–Trinajstić information content (AvgIpc) is 1.95. The van der Waals surface area contributed by atoms with Crippen LogP contribution in [0.15, 0.2) is 17.3 Å². The highest BCUT2D eigenvalue weighted by atomic mass is 15.1. The summed E-state index contributed by atoms with van der Waals surface area (Å²) in [5.41, 5.74) is 1.93. The van der Waals surface area contributed by atoms with E-state index in [0.29, 0.717) is 0 Å². The van der Waals surface area contributed by atoms with Crippen LogP contribution in [-0.2, 0) is 7.05 Å². The lowest BCUT2D eigenvalue weighted by atomic mass is 10.4. The van der Waals surface area contributed by atoms with Crippen LogP contribution < -0.4 is 5.62 Å². The van der Waals surface area contributed by atoms with E-state index in [2.05, 4.69) is 9.98 Å². The first-order valence-corrected chi connectivity index (χ1v) is 3.17. The normalized spacial score (nSPS) is 12.1. The fraction of sp³-hybridized carbons (Fsp3) is 0.429. The van der Waals surface area contributed by atoms with Gasteiger partial charge in [0, 0.05) is 26.0 Å². The van der Waals surface area contributed by atoms with Gasteiger partial charge in [0.15, 0.2) is 0 Å². The van der Waals surface area contributed by atoms with Gasteiger partial charge in [0.1, 0.15) is 0 Å². The number of hydrogen-bond acceptors (Lipinski definition) is 2. The minimum atomic E-state index is 0.764. The van der Waals surface area contributed by atoms with Gasteiger partial charge in [-0.3, -0.25) is 4.99 Å². The molecule has 0 radical (unpaired) electrons. The highest BCUT2D eigenvalue weighted by Crippen LogP contribution is 1.85. The summed E-state index contributed by atoms with van der Waals surface area (Å²) in [5.74, 6) is 0. The molecule has 1 aromatic rings. The van der Waals surface area contributed by atoms with Gasteiger partial charge in [-0.1, -0.05) is 0 Å². The zero-order valence-corrected chi connectivity index (χ0v) is 6.50. The Balaban J connectivity index is 3.43. The maximum Gasteiger partial charge on any atom is 0.224 e. The van der Waals surface area contributed by atoms with Gasteiger partial charge in [0.25, 0.3) is 0 Å². The quantitative estimate of drug-likeness (QED) is 0.504. The molecule has 0 aliphatic rings. The van der Waals surface area contributed by atoms with Crippen molar-refractivity contribution in [1.82, 2.24) is 9.55 Å². The third kappa shape index (κ3) is 1.07. The predicted molar refractivity (Wildman–Crippen MR) is 39.4 cm³/mol. The average molecular weight is 137 g/mol. The SMILES string of the molecule is C/N=c1/nccc(C)n1C. The van der Waals surface area contributed by atoms with Crippen molar-refractivity contribution in [3.8, 4) is 0 Å². The van der Waals surface area contributed by atoms with Gasteiger partial charge in [-0.15, -0.1) is 0 Å². The summed E-state index contributed by atoms with van der Waals surface area (Å²) in [7, 11) is 3.69. The minimum Gasteiger partial charge on any atom is -0.318 e. The number of hydrogen-bond donors (Lipinski definition) is 0. The Kier molecular flexibility index (Phi) is 1.85. The molecule has 1 aromatic heterocycles. The molecule has 0 amide bonds. The highest BCUT2D eigenvalue weighted by molar-refractivity contribution is 4.95. The molecule has 0 bridgehead atoms. The van der Waals surface area contributed by atoms with E-state index in [1.54, 1.807) is 13.2 Å². The Morgan fingerprint density at radius 3 is 2.80 bits per heavy atom. The van der Waals surface area contributed by atoms with Crippen LogP contribution in [0.25, 0.3) is 0 Å². The van der Waals surface area contributed by atoms with Crippen LogP contribution in [0, 0.1) is 6.92 Å². The van der Waals surface area contributed by atoms with Crippen molar-refractivity contribution >= 4 is 0 Å². The molecule has 10 heavy (non-hydrogen) atoms. The fourth-order valence-electron chi connectivity index (χ4n) is 0.776. The maximum atomic E-state index is 4.05. The van der Waals surface area contributed by atoms with Crippen molar-refractivity contribution in [2.24, 2.45) is 12.0 Å². The first-order valence-electron chi connectivity index (χ1n) is 3.17. The summed E-state index contributed by atoms with van der Waals surface area (Å²) < 4.78 is 1.94. The van der Waals surface area contributed by atoms with Crippen LogP contribution in [0.2, 0.25) is 0 Å². The topological polar surface area (TPSA) is 30.2 Å². The summed E-state index contributed by atoms with van der Waals surface area (Å²) in [6, 6.07) is 1.95. The standard InChI is InChI=1S/C7H11N3/c1-6-4-5-9-7(8-2)10(6)3/h4-5H,1-3H3/b8-7-. The van der Waals surface area contributed by atoms with Crippen LogP contribution in [0.3, 0.4) is 0 Å². The van der Waals surface area contributed by atoms with Crippen molar-refractivity contribution in [3.63, 3.8) is 0 Å². The van der Waals surface area contributed by atoms with E-state index in [4.69, 9.17) is 0 Å². The second kappa shape index (κ2) is 2.64. The Morgan fingerprint density at radius 2 is 2.30 bits per heavy atom. The smallest absolute Gasteiger partial charge is 0.224 e. The van der Waals surface area contributed by atoms with E-state index in [-0.39, 0.29) is 0 Å². The van der Waals surface area contributed by atoms with E-state index < -0.39 is 0 Å². The molecular formula is C7H11N3. The zero-order chi connectivity index (χ0) is 7.56. The van der Waals surface area contributed by atoms with Crippen molar-refractivity contribution < 1.29 is 0 Å². The molecule has 0 aliphatic carbocycles. The summed E-state index contributed by atoms with van der Waals surface area (Å²) in [6.45, 7) is 2.02. The second-order valence-corrected chi connectivity index (χ2v) is 2.17. The van der Waals surface area contributed by atoms with Crippen molar-refractivity contribution in [2.45, 2.75) is 6.92 Å². The molecule has 1 rings (SSSR count). The van der Waals surface area contributed by atoms with Gasteiger partial charge >= 0.3 is 0 Å². The number of nitrogens with zero attached hydrogens (tertiary/aromatic N) is 3. The third-order valence-corrected chi connectivity index (χ3v) is 1.53. The van der Waals surface area contributed by atoms with Gasteiger partial charge < -0.3 is 4.57 Å². The molecule has 3 nitrogen and oxygen atoms in total. The highest BCUT2D eigenvalue weighted by Gasteiger charge is 1.88. The van der Waals surface area contributed by atoms with Crippen LogP contribution in [0.5, 0.6) is 0 Å². The van der Waals surface area contributed by atoms with E-state index in [1.165, 1.54) is 0 Å². The van der Waals surface area contributed by atoms with E-state index in [9.17, 15) is 0 Å². The van der Waals surface area contributed by atoms with Crippen LogP contribution >= 0.6 is 0 Å². The molecule has 0 spiro atoms. The molecule has 0 unspecified atom stereocenters. The summed E-state index contributed by atoms with van der Waals surface area (Å²) >= 11 is 0. The molecule has 0 aromatic carbocycles. The van der Waals surface area contributed by atoms with E-state index in [1.807, 2.05) is 24.6 Å². The molecule has 3 heteroatoms. The van der Waals surface area contributed by atoms with Gasteiger partial charge in [-0.25, -0.2) is 4.98 Å². The fourth-order valence-corrected chi connectivity index (χ4v) is 0.776. The summed E-state index contributed by atoms with van der Waals surface area (Å²) in [4.78, 5) is 8.04. The molecule has 1 heterocycles. The second-order valence-electron chi connectivity index (χ2n) is 2.17. The van der Waals surface area contributed by atoms with Gasteiger partial charge in [-0.2, -0.15) is 0 Å². The Bertz CT molecular complexity index is 285. The monoisotopic (exact) mass is 137 g/mol. The largest absolute Gasteiger partial charge is 0.318 e. The first-order chi connectivity index (χ1) is 4.75. The zero-order valence-electron chi connectivity index (χ0n) is 6.50. The molecule has 0 fully saturated rings. The molecular weight excluding hydrogens is 126 g/mol. The molecule has 54 valence electrons. The molecule has 0 aliphatic heterocycles. The lowest BCUT2D eigenvalue weighted by Crippen LogP contribution is -2.22. The van der Waals surface area contributed by atoms with E-state index in [0.717, 1.165) is 11.3 Å². The predicted octanol–water partition coefficient (Wildman–Crippen LogP) is 0.259. The van der Waals surface area contributed by atoms with Gasteiger partial charge in [0.2, 0.25) is 5.62 Å². The number of aromatic nitrogens is 2. The maximum absolute atomic E-state index is 4.05. The Morgan fingerprint density at radius 1 is 1.60 bits per heavy atom. The van der Waals surface area contributed by atoms with Crippen LogP contribution in [0.4, 0.5) is 0 Å².